The van der Waals surface area contributed by atoms with E-state index in [2.05, 4.69) is 4.98 Å². The van der Waals surface area contributed by atoms with Crippen LogP contribution in [0.25, 0.3) is 10.9 Å². The zero-order chi connectivity index (χ0) is 11.4. The molecular formula is C13H16FN. The Hall–Kier alpha value is -1.44. The van der Waals surface area contributed by atoms with Crippen molar-refractivity contribution in [3.05, 3.63) is 41.3 Å². The normalized spacial score (nSPS) is 9.67. The van der Waals surface area contributed by atoms with Crippen molar-refractivity contribution in [2.24, 2.45) is 0 Å². The fraction of sp³-hybridized carbons (Fsp3) is 0.308. The summed E-state index contributed by atoms with van der Waals surface area (Å²) in [5, 5.41) is 0.864. The molecule has 1 aromatic heterocycles. The molecule has 2 aromatic rings. The fourth-order valence-corrected chi connectivity index (χ4v) is 1.36. The Kier molecular flexibility index (Phi) is 3.78. The maximum atomic E-state index is 13.2. The van der Waals surface area contributed by atoms with Crippen LogP contribution in [0.1, 0.15) is 25.1 Å². The first kappa shape index (κ1) is 11.6. The molecule has 0 radical (unpaired) electrons. The minimum atomic E-state index is -0.249. The van der Waals surface area contributed by atoms with Crippen LogP contribution in [0.4, 0.5) is 4.39 Å². The molecule has 0 spiro atoms. The SMILES string of the molecule is CC.Cc1cc2cccc(F)c2nc1C. The molecule has 0 aliphatic heterocycles. The van der Waals surface area contributed by atoms with E-state index in [9.17, 15) is 4.39 Å². The number of hydrogen-bond donors (Lipinski definition) is 0. The topological polar surface area (TPSA) is 12.9 Å². The van der Waals surface area contributed by atoms with Crippen molar-refractivity contribution in [1.82, 2.24) is 4.98 Å². The van der Waals surface area contributed by atoms with Crippen molar-refractivity contribution < 1.29 is 4.39 Å². The molecule has 1 aromatic carbocycles. The standard InChI is InChI=1S/C11H10FN.C2H6/c1-7-6-9-4-3-5-10(12)11(9)13-8(7)2;1-2/h3-6H,1-2H3;1-2H3. The van der Waals surface area contributed by atoms with E-state index < -0.39 is 0 Å². The third-order valence-corrected chi connectivity index (χ3v) is 2.24. The minimum Gasteiger partial charge on any atom is -0.250 e. The maximum absolute atomic E-state index is 13.2. The number of aromatic nitrogens is 1. The van der Waals surface area contributed by atoms with Crippen molar-refractivity contribution in [1.29, 1.82) is 0 Å². The van der Waals surface area contributed by atoms with Crippen molar-refractivity contribution in [3.8, 4) is 0 Å². The van der Waals surface area contributed by atoms with Crippen LogP contribution in [-0.4, -0.2) is 4.98 Å². The summed E-state index contributed by atoms with van der Waals surface area (Å²) in [5.74, 6) is -0.249. The van der Waals surface area contributed by atoms with Crippen LogP contribution < -0.4 is 0 Å². The summed E-state index contributed by atoms with van der Waals surface area (Å²) in [6.45, 7) is 7.87. The number of rotatable bonds is 0. The first-order valence-corrected chi connectivity index (χ1v) is 5.21. The van der Waals surface area contributed by atoms with Gasteiger partial charge in [-0.2, -0.15) is 0 Å². The summed E-state index contributed by atoms with van der Waals surface area (Å²) < 4.78 is 13.2. The Morgan fingerprint density at radius 3 is 2.47 bits per heavy atom. The largest absolute Gasteiger partial charge is 0.250 e. The van der Waals surface area contributed by atoms with Crippen LogP contribution in [0.3, 0.4) is 0 Å². The summed E-state index contributed by atoms with van der Waals surface area (Å²) in [5.41, 5.74) is 2.45. The van der Waals surface area contributed by atoms with Crippen LogP contribution in [0.15, 0.2) is 24.3 Å². The van der Waals surface area contributed by atoms with E-state index >= 15 is 0 Å². The van der Waals surface area contributed by atoms with Crippen LogP contribution in [0.5, 0.6) is 0 Å². The minimum absolute atomic E-state index is 0.249. The molecular weight excluding hydrogens is 189 g/mol. The van der Waals surface area contributed by atoms with Gasteiger partial charge in [0.15, 0.2) is 0 Å². The second-order valence-electron chi connectivity index (χ2n) is 3.20. The number of pyridine rings is 1. The molecule has 0 atom stereocenters. The Morgan fingerprint density at radius 2 is 1.80 bits per heavy atom. The van der Waals surface area contributed by atoms with E-state index in [0.717, 1.165) is 16.6 Å². The molecule has 80 valence electrons. The van der Waals surface area contributed by atoms with Crippen LogP contribution in [0.2, 0.25) is 0 Å². The van der Waals surface area contributed by atoms with Gasteiger partial charge in [0, 0.05) is 11.1 Å². The van der Waals surface area contributed by atoms with Gasteiger partial charge in [0.1, 0.15) is 11.3 Å². The van der Waals surface area contributed by atoms with Gasteiger partial charge < -0.3 is 0 Å². The Morgan fingerprint density at radius 1 is 1.13 bits per heavy atom. The van der Waals surface area contributed by atoms with Gasteiger partial charge in [-0.1, -0.05) is 26.0 Å². The number of aryl methyl sites for hydroxylation is 2. The Bertz CT molecular complexity index is 463. The van der Waals surface area contributed by atoms with Gasteiger partial charge in [0.25, 0.3) is 0 Å². The Balaban J connectivity index is 0.000000531. The van der Waals surface area contributed by atoms with E-state index in [1.807, 2.05) is 39.8 Å². The van der Waals surface area contributed by atoms with Gasteiger partial charge >= 0.3 is 0 Å². The van der Waals surface area contributed by atoms with E-state index in [1.54, 1.807) is 6.07 Å². The van der Waals surface area contributed by atoms with E-state index in [4.69, 9.17) is 0 Å². The van der Waals surface area contributed by atoms with Gasteiger partial charge in [-0.15, -0.1) is 0 Å². The van der Waals surface area contributed by atoms with Crippen molar-refractivity contribution >= 4 is 10.9 Å². The van der Waals surface area contributed by atoms with Gasteiger partial charge in [-0.3, -0.25) is 0 Å². The van der Waals surface area contributed by atoms with Crippen molar-refractivity contribution in [2.75, 3.05) is 0 Å². The second-order valence-corrected chi connectivity index (χ2v) is 3.20. The summed E-state index contributed by atoms with van der Waals surface area (Å²) in [4.78, 5) is 4.20. The van der Waals surface area contributed by atoms with Gasteiger partial charge in [0.05, 0.1) is 0 Å². The molecule has 1 heterocycles. The average molecular weight is 205 g/mol. The van der Waals surface area contributed by atoms with E-state index in [-0.39, 0.29) is 5.82 Å². The first-order valence-electron chi connectivity index (χ1n) is 5.21. The van der Waals surface area contributed by atoms with Gasteiger partial charge in [-0.05, 0) is 31.5 Å². The third-order valence-electron chi connectivity index (χ3n) is 2.24. The lowest BCUT2D eigenvalue weighted by atomic mass is 10.1. The summed E-state index contributed by atoms with van der Waals surface area (Å²) >= 11 is 0. The fourth-order valence-electron chi connectivity index (χ4n) is 1.36. The number of nitrogens with zero attached hydrogens (tertiary/aromatic N) is 1. The number of benzene rings is 1. The lowest BCUT2D eigenvalue weighted by molar-refractivity contribution is 0.636. The summed E-state index contributed by atoms with van der Waals surface area (Å²) in [7, 11) is 0. The zero-order valence-electron chi connectivity index (χ0n) is 9.63. The second kappa shape index (κ2) is 4.87. The van der Waals surface area contributed by atoms with Crippen molar-refractivity contribution in [2.45, 2.75) is 27.7 Å². The predicted molar refractivity (Wildman–Crippen MR) is 62.5 cm³/mol. The van der Waals surface area contributed by atoms with E-state index in [0.29, 0.717) is 5.52 Å². The molecule has 0 aliphatic rings. The molecule has 2 rings (SSSR count). The third kappa shape index (κ3) is 2.32. The molecule has 1 nitrogen and oxygen atoms in total. The number of fused-ring (bicyclic) bond motifs is 1. The number of halogens is 1. The smallest absolute Gasteiger partial charge is 0.149 e. The zero-order valence-corrected chi connectivity index (χ0v) is 9.63. The first-order chi connectivity index (χ1) is 7.18. The highest BCUT2D eigenvalue weighted by atomic mass is 19.1. The summed E-state index contributed by atoms with van der Waals surface area (Å²) in [6, 6.07) is 6.97. The molecule has 0 aliphatic carbocycles. The molecule has 15 heavy (non-hydrogen) atoms. The lowest BCUT2D eigenvalue weighted by Crippen LogP contribution is -1.90. The highest BCUT2D eigenvalue weighted by Gasteiger charge is 2.03. The molecule has 0 amide bonds. The number of hydrogen-bond acceptors (Lipinski definition) is 1. The highest BCUT2D eigenvalue weighted by Crippen LogP contribution is 2.18. The van der Waals surface area contributed by atoms with E-state index in [1.165, 1.54) is 6.07 Å². The molecule has 2 heteroatoms. The van der Waals surface area contributed by atoms with Crippen LogP contribution >= 0.6 is 0 Å². The predicted octanol–water partition coefficient (Wildman–Crippen LogP) is 4.02. The Labute approximate surface area is 90.0 Å². The van der Waals surface area contributed by atoms with Gasteiger partial charge in [0.2, 0.25) is 0 Å². The lowest BCUT2D eigenvalue weighted by Gasteiger charge is -2.02. The maximum Gasteiger partial charge on any atom is 0.149 e. The average Bonchev–Trinajstić information content (AvgIpc) is 2.24. The molecule has 0 unspecified atom stereocenters. The monoisotopic (exact) mass is 205 g/mol. The molecule has 0 fully saturated rings. The quantitative estimate of drug-likeness (QED) is 0.633. The highest BCUT2D eigenvalue weighted by molar-refractivity contribution is 5.79. The van der Waals surface area contributed by atoms with Crippen molar-refractivity contribution in [3.63, 3.8) is 0 Å². The van der Waals surface area contributed by atoms with Gasteiger partial charge in [-0.25, -0.2) is 9.37 Å². The molecule has 0 saturated heterocycles. The number of para-hydroxylation sites is 1. The van der Waals surface area contributed by atoms with Crippen LogP contribution in [-0.2, 0) is 0 Å². The van der Waals surface area contributed by atoms with Crippen LogP contribution in [0, 0.1) is 19.7 Å². The molecule has 0 bridgehead atoms. The summed E-state index contributed by atoms with van der Waals surface area (Å²) in [6.07, 6.45) is 0. The molecule has 0 N–H and O–H groups in total. The molecule has 0 saturated carbocycles.